The van der Waals surface area contributed by atoms with Crippen LogP contribution in [0.1, 0.15) is 22.3 Å². The molecule has 0 aliphatic heterocycles. The van der Waals surface area contributed by atoms with Crippen LogP contribution in [0.5, 0.6) is 0 Å². The Labute approximate surface area is 152 Å². The van der Waals surface area contributed by atoms with E-state index < -0.39 is 4.92 Å². The SMILES string of the molecule is Nc1cc([N+](=O)[O-])c(C=Cc2ccccc2)cc1C=Cc1ccccc1. The molecule has 3 rings (SSSR count). The van der Waals surface area contributed by atoms with Gasteiger partial charge in [0.2, 0.25) is 0 Å². The van der Waals surface area contributed by atoms with Crippen molar-refractivity contribution in [1.29, 1.82) is 0 Å². The Hall–Kier alpha value is -3.66. The molecule has 0 aliphatic carbocycles. The molecule has 0 saturated heterocycles. The summed E-state index contributed by atoms with van der Waals surface area (Å²) >= 11 is 0. The number of hydrogen-bond acceptors (Lipinski definition) is 3. The molecule has 0 atom stereocenters. The molecule has 0 aromatic heterocycles. The van der Waals surface area contributed by atoms with Crippen molar-refractivity contribution in [3.8, 4) is 0 Å². The lowest BCUT2D eigenvalue weighted by Gasteiger charge is -2.05. The monoisotopic (exact) mass is 342 g/mol. The molecule has 3 aromatic rings. The van der Waals surface area contributed by atoms with Crippen molar-refractivity contribution < 1.29 is 4.92 Å². The van der Waals surface area contributed by atoms with Gasteiger partial charge in [0, 0.05) is 11.8 Å². The third-order valence-electron chi connectivity index (χ3n) is 3.94. The predicted molar refractivity (Wildman–Crippen MR) is 108 cm³/mol. The number of rotatable bonds is 5. The summed E-state index contributed by atoms with van der Waals surface area (Å²) in [5.41, 5.74) is 9.65. The molecule has 0 amide bonds. The van der Waals surface area contributed by atoms with Crippen molar-refractivity contribution in [2.75, 3.05) is 5.73 Å². The van der Waals surface area contributed by atoms with E-state index in [-0.39, 0.29) is 5.69 Å². The van der Waals surface area contributed by atoms with E-state index in [9.17, 15) is 10.1 Å². The molecule has 0 unspecified atom stereocenters. The molecule has 2 N–H and O–H groups in total. The summed E-state index contributed by atoms with van der Waals surface area (Å²) in [5.74, 6) is 0. The number of hydrogen-bond donors (Lipinski definition) is 1. The summed E-state index contributed by atoms with van der Waals surface area (Å²) in [5, 5.41) is 11.4. The molecule has 3 aromatic carbocycles. The predicted octanol–water partition coefficient (Wildman–Crippen LogP) is 5.52. The Balaban J connectivity index is 1.98. The van der Waals surface area contributed by atoms with E-state index in [1.165, 1.54) is 6.07 Å². The van der Waals surface area contributed by atoms with E-state index in [2.05, 4.69) is 0 Å². The zero-order valence-corrected chi connectivity index (χ0v) is 14.1. The largest absolute Gasteiger partial charge is 0.398 e. The molecular weight excluding hydrogens is 324 g/mol. The van der Waals surface area contributed by atoms with E-state index in [1.54, 1.807) is 12.1 Å². The van der Waals surface area contributed by atoms with Crippen LogP contribution in [0.2, 0.25) is 0 Å². The van der Waals surface area contributed by atoms with E-state index in [1.807, 2.05) is 78.9 Å². The summed E-state index contributed by atoms with van der Waals surface area (Å²) in [4.78, 5) is 11.0. The summed E-state index contributed by atoms with van der Waals surface area (Å²) in [7, 11) is 0. The lowest BCUT2D eigenvalue weighted by Crippen LogP contribution is -1.97. The van der Waals surface area contributed by atoms with Gasteiger partial charge in [0.15, 0.2) is 0 Å². The van der Waals surface area contributed by atoms with Gasteiger partial charge in [-0.3, -0.25) is 10.1 Å². The molecule has 0 fully saturated rings. The minimum absolute atomic E-state index is 0.00783. The van der Waals surface area contributed by atoms with Gasteiger partial charge in [0.1, 0.15) is 0 Å². The number of nitro groups is 1. The molecule has 26 heavy (non-hydrogen) atoms. The van der Waals surface area contributed by atoms with Crippen LogP contribution in [-0.4, -0.2) is 4.92 Å². The van der Waals surface area contributed by atoms with E-state index in [0.29, 0.717) is 11.3 Å². The fraction of sp³-hybridized carbons (Fsp3) is 0. The van der Waals surface area contributed by atoms with Crippen LogP contribution in [0.15, 0.2) is 72.8 Å². The molecule has 0 bridgehead atoms. The van der Waals surface area contributed by atoms with Crippen LogP contribution in [0.25, 0.3) is 24.3 Å². The van der Waals surface area contributed by atoms with E-state index in [4.69, 9.17) is 5.73 Å². The van der Waals surface area contributed by atoms with Gasteiger partial charge in [-0.1, -0.05) is 78.9 Å². The Bertz CT molecular complexity index is 962. The fourth-order valence-electron chi connectivity index (χ4n) is 2.58. The Morgan fingerprint density at radius 3 is 1.73 bits per heavy atom. The Morgan fingerprint density at radius 1 is 0.731 bits per heavy atom. The van der Waals surface area contributed by atoms with Crippen LogP contribution in [-0.2, 0) is 0 Å². The smallest absolute Gasteiger partial charge is 0.278 e. The third-order valence-corrected chi connectivity index (χ3v) is 3.94. The maximum atomic E-state index is 11.4. The van der Waals surface area contributed by atoms with Gasteiger partial charge >= 0.3 is 0 Å². The summed E-state index contributed by atoms with van der Waals surface area (Å²) in [6, 6.07) is 22.6. The number of nitrogens with zero attached hydrogens (tertiary/aromatic N) is 1. The third kappa shape index (κ3) is 4.24. The molecule has 0 spiro atoms. The van der Waals surface area contributed by atoms with Crippen LogP contribution in [0.4, 0.5) is 11.4 Å². The van der Waals surface area contributed by atoms with Gasteiger partial charge in [-0.2, -0.15) is 0 Å². The highest BCUT2D eigenvalue weighted by Crippen LogP contribution is 2.28. The van der Waals surface area contributed by atoms with Gasteiger partial charge in [0.25, 0.3) is 5.69 Å². The maximum absolute atomic E-state index is 11.4. The zero-order valence-electron chi connectivity index (χ0n) is 14.1. The number of nitrogen functional groups attached to an aromatic ring is 1. The molecular formula is C22H18N2O2. The standard InChI is InChI=1S/C22H18N2O2/c23-21-16-22(24(25)26)20(14-12-18-9-5-2-6-10-18)15-19(21)13-11-17-7-3-1-4-8-17/h1-16H,23H2. The minimum atomic E-state index is -0.411. The second kappa shape index (κ2) is 7.94. The van der Waals surface area contributed by atoms with Crippen molar-refractivity contribution in [2.24, 2.45) is 0 Å². The number of nitrogens with two attached hydrogens (primary N) is 1. The van der Waals surface area contributed by atoms with Crippen molar-refractivity contribution >= 4 is 35.7 Å². The number of benzene rings is 3. The summed E-state index contributed by atoms with van der Waals surface area (Å²) in [6.45, 7) is 0. The maximum Gasteiger partial charge on any atom is 0.278 e. The molecule has 0 radical (unpaired) electrons. The fourth-order valence-corrected chi connectivity index (χ4v) is 2.58. The Morgan fingerprint density at radius 2 is 1.23 bits per heavy atom. The highest BCUT2D eigenvalue weighted by atomic mass is 16.6. The first-order valence-corrected chi connectivity index (χ1v) is 8.17. The van der Waals surface area contributed by atoms with Crippen LogP contribution in [0.3, 0.4) is 0 Å². The number of nitro benzene ring substituents is 1. The molecule has 0 heterocycles. The van der Waals surface area contributed by atoms with Crippen molar-refractivity contribution in [2.45, 2.75) is 0 Å². The van der Waals surface area contributed by atoms with Crippen molar-refractivity contribution in [1.82, 2.24) is 0 Å². The topological polar surface area (TPSA) is 69.2 Å². The molecule has 4 nitrogen and oxygen atoms in total. The summed E-state index contributed by atoms with van der Waals surface area (Å²) in [6.07, 6.45) is 7.40. The lowest BCUT2D eigenvalue weighted by atomic mass is 10.0. The van der Waals surface area contributed by atoms with Gasteiger partial charge in [-0.15, -0.1) is 0 Å². The van der Waals surface area contributed by atoms with Crippen LogP contribution in [0, 0.1) is 10.1 Å². The second-order valence-electron chi connectivity index (χ2n) is 5.79. The summed E-state index contributed by atoms with van der Waals surface area (Å²) < 4.78 is 0. The van der Waals surface area contributed by atoms with Gasteiger partial charge in [0.05, 0.1) is 10.5 Å². The van der Waals surface area contributed by atoms with Crippen molar-refractivity contribution in [3.63, 3.8) is 0 Å². The molecule has 4 heteroatoms. The molecule has 0 aliphatic rings. The van der Waals surface area contributed by atoms with Crippen LogP contribution >= 0.6 is 0 Å². The first-order chi connectivity index (χ1) is 12.6. The average molecular weight is 342 g/mol. The normalized spacial score (nSPS) is 11.2. The van der Waals surface area contributed by atoms with Crippen LogP contribution < -0.4 is 5.73 Å². The first-order valence-electron chi connectivity index (χ1n) is 8.17. The highest BCUT2D eigenvalue weighted by molar-refractivity contribution is 5.82. The first kappa shape index (κ1) is 17.2. The van der Waals surface area contributed by atoms with E-state index >= 15 is 0 Å². The quantitative estimate of drug-likeness (QED) is 0.287. The average Bonchev–Trinajstić information content (AvgIpc) is 2.67. The van der Waals surface area contributed by atoms with E-state index in [0.717, 1.165) is 16.7 Å². The minimum Gasteiger partial charge on any atom is -0.398 e. The lowest BCUT2D eigenvalue weighted by molar-refractivity contribution is -0.385. The van der Waals surface area contributed by atoms with Gasteiger partial charge < -0.3 is 5.73 Å². The molecule has 0 saturated carbocycles. The van der Waals surface area contributed by atoms with Crippen molar-refractivity contribution in [3.05, 3.63) is 105 Å². The zero-order chi connectivity index (χ0) is 18.4. The van der Waals surface area contributed by atoms with Gasteiger partial charge in [-0.25, -0.2) is 0 Å². The Kier molecular flexibility index (Phi) is 5.25. The molecule has 128 valence electrons. The second-order valence-corrected chi connectivity index (χ2v) is 5.79. The highest BCUT2D eigenvalue weighted by Gasteiger charge is 2.14. The number of anilines is 1. The van der Waals surface area contributed by atoms with Gasteiger partial charge in [-0.05, 0) is 28.8 Å².